The largest absolute Gasteiger partial charge is 0.507 e. The van der Waals surface area contributed by atoms with Gasteiger partial charge in [0.25, 0.3) is 0 Å². The first-order valence-corrected chi connectivity index (χ1v) is 9.43. The molecule has 4 nitrogen and oxygen atoms in total. The van der Waals surface area contributed by atoms with Gasteiger partial charge in [-0.15, -0.1) is 0 Å². The number of carbonyl (C=O) groups is 2. The Bertz CT molecular complexity index is 905. The number of hydrogen-bond acceptors (Lipinski definition) is 4. The van der Waals surface area contributed by atoms with Gasteiger partial charge in [-0.3, -0.25) is 9.59 Å². The van der Waals surface area contributed by atoms with E-state index in [9.17, 15) is 14.7 Å². The van der Waals surface area contributed by atoms with Crippen molar-refractivity contribution in [2.24, 2.45) is 0 Å². The molecule has 1 aliphatic carbocycles. The molecule has 0 saturated heterocycles. The fourth-order valence-corrected chi connectivity index (χ4v) is 4.03. The van der Waals surface area contributed by atoms with Gasteiger partial charge in [-0.05, 0) is 43.4 Å². The van der Waals surface area contributed by atoms with Crippen LogP contribution in [0.15, 0.2) is 48.5 Å². The van der Waals surface area contributed by atoms with Crippen molar-refractivity contribution in [3.63, 3.8) is 0 Å². The molecule has 0 amide bonds. The third-order valence-corrected chi connectivity index (χ3v) is 5.46. The van der Waals surface area contributed by atoms with Crippen molar-refractivity contribution in [1.82, 2.24) is 0 Å². The Morgan fingerprint density at radius 3 is 2.56 bits per heavy atom. The number of Topliss-reactive ketones (excluding diaryl/α,β-unsaturated/α-hetero) is 1. The zero-order valence-corrected chi connectivity index (χ0v) is 15.1. The van der Waals surface area contributed by atoms with Gasteiger partial charge in [0.05, 0.1) is 17.5 Å². The number of ketones is 2. The monoisotopic (exact) mass is 362 g/mol. The molecule has 138 valence electrons. The Balaban J connectivity index is 1.62. The smallest absolute Gasteiger partial charge is 0.189 e. The maximum Gasteiger partial charge on any atom is 0.189 e. The van der Waals surface area contributed by atoms with E-state index in [4.69, 9.17) is 4.74 Å². The highest BCUT2D eigenvalue weighted by Crippen LogP contribution is 2.43. The second-order valence-corrected chi connectivity index (χ2v) is 7.42. The lowest BCUT2D eigenvalue weighted by atomic mass is 9.78. The summed E-state index contributed by atoms with van der Waals surface area (Å²) in [6.07, 6.45) is 8.44. The number of hydrogen-bond donors (Lipinski definition) is 1. The summed E-state index contributed by atoms with van der Waals surface area (Å²) in [6.45, 7) is 0. The average molecular weight is 362 g/mol. The number of benzene rings is 2. The van der Waals surface area contributed by atoms with Crippen LogP contribution < -0.4 is 4.74 Å². The first-order chi connectivity index (χ1) is 13.1. The summed E-state index contributed by atoms with van der Waals surface area (Å²) in [5.41, 5.74) is 0.966. The van der Waals surface area contributed by atoms with Crippen LogP contribution in [0.3, 0.4) is 0 Å². The van der Waals surface area contributed by atoms with Gasteiger partial charge in [0.15, 0.2) is 11.6 Å². The van der Waals surface area contributed by atoms with Crippen LogP contribution in [0.2, 0.25) is 0 Å². The lowest BCUT2D eigenvalue weighted by Crippen LogP contribution is -2.43. The van der Waals surface area contributed by atoms with E-state index < -0.39 is 5.60 Å². The topological polar surface area (TPSA) is 63.6 Å². The molecule has 1 fully saturated rings. The maximum absolute atomic E-state index is 12.7. The van der Waals surface area contributed by atoms with Crippen molar-refractivity contribution in [2.45, 2.75) is 44.1 Å². The van der Waals surface area contributed by atoms with Crippen LogP contribution in [0, 0.1) is 0 Å². The van der Waals surface area contributed by atoms with Gasteiger partial charge in [-0.1, -0.05) is 42.8 Å². The normalized spacial score (nSPS) is 18.3. The number of rotatable bonds is 3. The highest BCUT2D eigenvalue weighted by atomic mass is 16.5. The number of carbonyl (C=O) groups excluding carboxylic acids is 2. The van der Waals surface area contributed by atoms with Crippen molar-refractivity contribution in [3.8, 4) is 11.5 Å². The van der Waals surface area contributed by atoms with Crippen LogP contribution >= 0.6 is 0 Å². The van der Waals surface area contributed by atoms with E-state index >= 15 is 0 Å². The van der Waals surface area contributed by atoms with E-state index in [-0.39, 0.29) is 22.9 Å². The first-order valence-electron chi connectivity index (χ1n) is 9.43. The zero-order valence-electron chi connectivity index (χ0n) is 15.1. The van der Waals surface area contributed by atoms with Gasteiger partial charge in [-0.25, -0.2) is 0 Å². The number of allylic oxidation sites excluding steroid dienone is 1. The van der Waals surface area contributed by atoms with Crippen molar-refractivity contribution >= 4 is 17.6 Å². The highest BCUT2D eigenvalue weighted by molar-refractivity contribution is 6.11. The summed E-state index contributed by atoms with van der Waals surface area (Å²) in [4.78, 5) is 25.3. The van der Waals surface area contributed by atoms with Crippen LogP contribution in [0.5, 0.6) is 11.5 Å². The van der Waals surface area contributed by atoms with Gasteiger partial charge >= 0.3 is 0 Å². The number of aromatic hydroxyl groups is 1. The molecule has 2 aromatic rings. The van der Waals surface area contributed by atoms with Gasteiger partial charge in [0.2, 0.25) is 0 Å². The third kappa shape index (κ3) is 3.52. The predicted molar refractivity (Wildman–Crippen MR) is 103 cm³/mol. The predicted octanol–water partition coefficient (Wildman–Crippen LogP) is 4.96. The molecule has 2 aliphatic rings. The molecule has 0 unspecified atom stereocenters. The van der Waals surface area contributed by atoms with Crippen LogP contribution in [-0.2, 0) is 0 Å². The Morgan fingerprint density at radius 1 is 1.07 bits per heavy atom. The molecule has 4 heteroatoms. The van der Waals surface area contributed by atoms with Crippen molar-refractivity contribution in [1.29, 1.82) is 0 Å². The highest BCUT2D eigenvalue weighted by Gasteiger charge is 2.41. The van der Waals surface area contributed by atoms with Crippen molar-refractivity contribution in [2.75, 3.05) is 0 Å². The quantitative estimate of drug-likeness (QED) is 0.619. The minimum atomic E-state index is -0.437. The van der Waals surface area contributed by atoms with Gasteiger partial charge in [0, 0.05) is 6.07 Å². The van der Waals surface area contributed by atoms with Crippen molar-refractivity contribution < 1.29 is 19.4 Å². The molecular formula is C23H22O4. The number of ether oxygens (including phenoxy) is 1. The first kappa shape index (κ1) is 17.5. The van der Waals surface area contributed by atoms with Crippen molar-refractivity contribution in [3.05, 3.63) is 65.2 Å². The summed E-state index contributed by atoms with van der Waals surface area (Å²) in [5.74, 6) is -0.115. The molecule has 0 aromatic heterocycles. The molecule has 0 atom stereocenters. The molecule has 1 N–H and O–H groups in total. The second-order valence-electron chi connectivity index (χ2n) is 7.42. The van der Waals surface area contributed by atoms with E-state index in [1.165, 1.54) is 24.6 Å². The lowest BCUT2D eigenvalue weighted by Gasteiger charge is -2.40. The molecule has 27 heavy (non-hydrogen) atoms. The maximum atomic E-state index is 12.7. The van der Waals surface area contributed by atoms with Crippen LogP contribution in [0.25, 0.3) is 6.08 Å². The Hall–Kier alpha value is -2.88. The summed E-state index contributed by atoms with van der Waals surface area (Å²) in [6, 6.07) is 12.3. The fourth-order valence-electron chi connectivity index (χ4n) is 4.03. The van der Waals surface area contributed by atoms with E-state index in [0.29, 0.717) is 17.7 Å². The molecule has 1 saturated carbocycles. The molecule has 0 bridgehead atoms. The minimum Gasteiger partial charge on any atom is -0.507 e. The number of phenols is 1. The Kier molecular flexibility index (Phi) is 4.56. The summed E-state index contributed by atoms with van der Waals surface area (Å²) < 4.78 is 6.17. The molecule has 0 radical (unpaired) electrons. The fraction of sp³-hybridized carbons (Fsp3) is 0.304. The molecule has 2 aromatic carbocycles. The minimum absolute atomic E-state index is 0.0146. The molecule has 1 heterocycles. The SMILES string of the molecule is O=C(C=Cc1ccccc1)c1cc2c(cc1O)OC1(CCCCC1)CC2=O. The summed E-state index contributed by atoms with van der Waals surface area (Å²) in [7, 11) is 0. The summed E-state index contributed by atoms with van der Waals surface area (Å²) in [5, 5.41) is 10.4. The van der Waals surface area contributed by atoms with Crippen LogP contribution in [0.4, 0.5) is 0 Å². The number of fused-ring (bicyclic) bond motifs is 1. The molecule has 1 aliphatic heterocycles. The van der Waals surface area contributed by atoms with Gasteiger partial charge in [-0.2, -0.15) is 0 Å². The van der Waals surface area contributed by atoms with E-state index in [2.05, 4.69) is 0 Å². The zero-order chi connectivity index (χ0) is 18.9. The third-order valence-electron chi connectivity index (χ3n) is 5.46. The van der Waals surface area contributed by atoms with E-state index in [1.54, 1.807) is 6.08 Å². The molecular weight excluding hydrogens is 340 g/mol. The van der Waals surface area contributed by atoms with Crippen LogP contribution in [-0.4, -0.2) is 22.3 Å². The van der Waals surface area contributed by atoms with E-state index in [1.807, 2.05) is 30.3 Å². The molecule has 1 spiro atoms. The lowest BCUT2D eigenvalue weighted by molar-refractivity contribution is 0.0135. The van der Waals surface area contributed by atoms with Gasteiger partial charge in [0.1, 0.15) is 17.1 Å². The van der Waals surface area contributed by atoms with E-state index in [0.717, 1.165) is 31.2 Å². The average Bonchev–Trinajstić information content (AvgIpc) is 2.67. The Morgan fingerprint density at radius 2 is 1.81 bits per heavy atom. The molecule has 4 rings (SSSR count). The number of phenolic OH excluding ortho intramolecular Hbond substituents is 1. The van der Waals surface area contributed by atoms with Crippen LogP contribution in [0.1, 0.15) is 64.8 Å². The van der Waals surface area contributed by atoms with Gasteiger partial charge < -0.3 is 9.84 Å². The standard InChI is InChI=1S/C23H22O4/c24-19(10-9-16-7-3-1-4-8-16)17-13-18-21(26)15-23(11-5-2-6-12-23)27-22(18)14-20(17)25/h1,3-4,7-10,13-14,25H,2,5-6,11-12,15H2. The Labute approximate surface area is 158 Å². The second kappa shape index (κ2) is 7.03. The summed E-state index contributed by atoms with van der Waals surface area (Å²) >= 11 is 0.